The number of nitrogens with one attached hydrogen (secondary N) is 1. The first-order valence-corrected chi connectivity index (χ1v) is 9.02. The minimum Gasteiger partial charge on any atom is -0.489 e. The lowest BCUT2D eigenvalue weighted by Crippen LogP contribution is -2.06. The van der Waals surface area contributed by atoms with Crippen LogP contribution in [0.25, 0.3) is 11.3 Å². The van der Waals surface area contributed by atoms with E-state index in [1.165, 1.54) is 30.5 Å². The summed E-state index contributed by atoms with van der Waals surface area (Å²) < 4.78 is 57.9. The monoisotopic (exact) mass is 436 g/mol. The number of halogens is 4. The molecule has 0 amide bonds. The molecule has 0 atom stereocenters. The molecule has 6 nitrogen and oxygen atoms in total. The van der Waals surface area contributed by atoms with Crippen molar-refractivity contribution in [2.75, 3.05) is 0 Å². The SMILES string of the molecule is O=C(O)CCC(=O)c1ccc(OCc2cn[nH]c2-c2ccc(C(F)(F)F)cc2)cc1F. The van der Waals surface area contributed by atoms with Crippen molar-refractivity contribution in [3.63, 3.8) is 0 Å². The van der Waals surface area contributed by atoms with Gasteiger partial charge in [-0.2, -0.15) is 18.3 Å². The molecule has 0 aliphatic carbocycles. The molecule has 0 fully saturated rings. The van der Waals surface area contributed by atoms with Gasteiger partial charge in [-0.1, -0.05) is 12.1 Å². The summed E-state index contributed by atoms with van der Waals surface area (Å²) in [7, 11) is 0. The molecular formula is C21H16F4N2O4. The van der Waals surface area contributed by atoms with Crippen molar-refractivity contribution in [2.24, 2.45) is 0 Å². The van der Waals surface area contributed by atoms with E-state index in [0.717, 1.165) is 18.2 Å². The van der Waals surface area contributed by atoms with Crippen LogP contribution in [-0.2, 0) is 17.6 Å². The van der Waals surface area contributed by atoms with Crippen molar-refractivity contribution in [1.29, 1.82) is 0 Å². The highest BCUT2D eigenvalue weighted by atomic mass is 19.4. The molecule has 10 heteroatoms. The zero-order valence-corrected chi connectivity index (χ0v) is 15.9. The van der Waals surface area contributed by atoms with E-state index in [1.54, 1.807) is 0 Å². The number of alkyl halides is 3. The Kier molecular flexibility index (Phi) is 6.38. The number of aromatic amines is 1. The van der Waals surface area contributed by atoms with Gasteiger partial charge in [-0.15, -0.1) is 0 Å². The summed E-state index contributed by atoms with van der Waals surface area (Å²) in [5, 5.41) is 15.2. The van der Waals surface area contributed by atoms with Gasteiger partial charge in [0.15, 0.2) is 5.78 Å². The fraction of sp³-hybridized carbons (Fsp3) is 0.190. The van der Waals surface area contributed by atoms with Crippen molar-refractivity contribution in [1.82, 2.24) is 10.2 Å². The first-order valence-electron chi connectivity index (χ1n) is 9.02. The second-order valence-electron chi connectivity index (χ2n) is 6.59. The molecular weight excluding hydrogens is 420 g/mol. The number of nitrogens with zero attached hydrogens (tertiary/aromatic N) is 1. The lowest BCUT2D eigenvalue weighted by atomic mass is 10.1. The van der Waals surface area contributed by atoms with Crippen LogP contribution >= 0.6 is 0 Å². The Morgan fingerprint density at radius 1 is 1.06 bits per heavy atom. The second-order valence-corrected chi connectivity index (χ2v) is 6.59. The van der Waals surface area contributed by atoms with Crippen molar-refractivity contribution in [3.8, 4) is 17.0 Å². The highest BCUT2D eigenvalue weighted by molar-refractivity contribution is 5.97. The van der Waals surface area contributed by atoms with Crippen LogP contribution in [-0.4, -0.2) is 27.1 Å². The van der Waals surface area contributed by atoms with Gasteiger partial charge < -0.3 is 9.84 Å². The molecule has 0 bridgehead atoms. The fourth-order valence-electron chi connectivity index (χ4n) is 2.82. The lowest BCUT2D eigenvalue weighted by molar-refractivity contribution is -0.138. The molecule has 1 heterocycles. The molecule has 3 aromatic rings. The zero-order valence-electron chi connectivity index (χ0n) is 15.9. The molecule has 0 aliphatic heterocycles. The summed E-state index contributed by atoms with van der Waals surface area (Å²) in [6, 6.07) is 8.10. The summed E-state index contributed by atoms with van der Waals surface area (Å²) in [5.41, 5.74) is 0.440. The van der Waals surface area contributed by atoms with E-state index < -0.39 is 35.7 Å². The maximum absolute atomic E-state index is 14.2. The van der Waals surface area contributed by atoms with Crippen LogP contribution in [0.4, 0.5) is 17.6 Å². The predicted molar refractivity (Wildman–Crippen MR) is 101 cm³/mol. The number of Topliss-reactive ketones (excluding diaryl/α,β-unsaturated/α-hetero) is 1. The van der Waals surface area contributed by atoms with Gasteiger partial charge in [0.1, 0.15) is 18.2 Å². The Labute approximate surface area is 173 Å². The van der Waals surface area contributed by atoms with Crippen LogP contribution in [0.1, 0.15) is 34.3 Å². The quantitative estimate of drug-likeness (QED) is 0.389. The van der Waals surface area contributed by atoms with Gasteiger partial charge in [-0.3, -0.25) is 14.7 Å². The van der Waals surface area contributed by atoms with Crippen molar-refractivity contribution < 1.29 is 37.0 Å². The van der Waals surface area contributed by atoms with Gasteiger partial charge in [0.25, 0.3) is 0 Å². The minimum absolute atomic E-state index is 0.0569. The number of ether oxygens (including phenoxy) is 1. The average Bonchev–Trinajstić information content (AvgIpc) is 3.18. The Morgan fingerprint density at radius 2 is 1.77 bits per heavy atom. The Bertz CT molecular complexity index is 1090. The van der Waals surface area contributed by atoms with E-state index in [9.17, 15) is 27.2 Å². The number of hydrogen-bond donors (Lipinski definition) is 2. The molecule has 1 aromatic heterocycles. The number of hydrogen-bond acceptors (Lipinski definition) is 4. The number of carbonyl (C=O) groups is 2. The minimum atomic E-state index is -4.44. The third-order valence-electron chi connectivity index (χ3n) is 4.42. The van der Waals surface area contributed by atoms with E-state index in [0.29, 0.717) is 16.8 Å². The Morgan fingerprint density at radius 3 is 2.39 bits per heavy atom. The normalized spacial score (nSPS) is 11.4. The maximum Gasteiger partial charge on any atom is 0.416 e. The van der Waals surface area contributed by atoms with Crippen molar-refractivity contribution in [3.05, 3.63) is 71.2 Å². The fourth-order valence-corrected chi connectivity index (χ4v) is 2.82. The number of carboxylic acids is 1. The van der Waals surface area contributed by atoms with Crippen LogP contribution in [0.3, 0.4) is 0 Å². The predicted octanol–water partition coefficient (Wildman–Crippen LogP) is 4.86. The van der Waals surface area contributed by atoms with E-state index in [1.807, 2.05) is 0 Å². The number of carbonyl (C=O) groups excluding carboxylic acids is 1. The van der Waals surface area contributed by atoms with Gasteiger partial charge in [0.05, 0.1) is 29.4 Å². The molecule has 31 heavy (non-hydrogen) atoms. The number of carboxylic acid groups (broad SMARTS) is 1. The summed E-state index contributed by atoms with van der Waals surface area (Å²) in [4.78, 5) is 22.4. The van der Waals surface area contributed by atoms with Crippen molar-refractivity contribution in [2.45, 2.75) is 25.6 Å². The number of H-pyrrole nitrogens is 1. The largest absolute Gasteiger partial charge is 0.489 e. The van der Waals surface area contributed by atoms with E-state index in [4.69, 9.17) is 9.84 Å². The average molecular weight is 436 g/mol. The number of rotatable bonds is 8. The lowest BCUT2D eigenvalue weighted by Gasteiger charge is -2.10. The number of aromatic nitrogens is 2. The van der Waals surface area contributed by atoms with Gasteiger partial charge in [-0.25, -0.2) is 4.39 Å². The number of aliphatic carboxylic acids is 1. The first kappa shape index (κ1) is 22.0. The molecule has 0 aliphatic rings. The topological polar surface area (TPSA) is 92.3 Å². The van der Waals surface area contributed by atoms with Gasteiger partial charge >= 0.3 is 12.1 Å². The van der Waals surface area contributed by atoms with Gasteiger partial charge in [0, 0.05) is 18.1 Å². The third-order valence-corrected chi connectivity index (χ3v) is 4.42. The summed E-state index contributed by atoms with van der Waals surface area (Å²) >= 11 is 0. The molecule has 0 unspecified atom stereocenters. The van der Waals surface area contributed by atoms with Crippen molar-refractivity contribution >= 4 is 11.8 Å². The van der Waals surface area contributed by atoms with Gasteiger partial charge in [-0.05, 0) is 29.8 Å². The standard InChI is InChI=1S/C21H16F4N2O4/c22-17-9-15(5-6-16(17)18(28)7-8-19(29)30)31-11-13-10-26-27-20(13)12-1-3-14(4-2-12)21(23,24)25/h1-6,9-10H,7-8,11H2,(H,26,27)(H,29,30). The van der Waals surface area contributed by atoms with Gasteiger partial charge in [0.2, 0.25) is 0 Å². The van der Waals surface area contributed by atoms with Crippen LogP contribution in [0, 0.1) is 5.82 Å². The van der Waals surface area contributed by atoms with Crippen LogP contribution in [0.15, 0.2) is 48.7 Å². The molecule has 2 N–H and O–H groups in total. The van der Waals surface area contributed by atoms with E-state index >= 15 is 0 Å². The molecule has 3 rings (SSSR count). The highest BCUT2D eigenvalue weighted by Crippen LogP contribution is 2.31. The first-order chi connectivity index (χ1) is 14.6. The molecule has 162 valence electrons. The zero-order chi connectivity index (χ0) is 22.6. The summed E-state index contributed by atoms with van der Waals surface area (Å²) in [6.07, 6.45) is -3.72. The van der Waals surface area contributed by atoms with E-state index in [2.05, 4.69) is 10.2 Å². The Hall–Kier alpha value is -3.69. The molecule has 0 saturated heterocycles. The summed E-state index contributed by atoms with van der Waals surface area (Å²) in [6.45, 7) is -0.0569. The van der Waals surface area contributed by atoms with E-state index in [-0.39, 0.29) is 24.3 Å². The van der Waals surface area contributed by atoms with Crippen LogP contribution in [0.2, 0.25) is 0 Å². The molecule has 2 aromatic carbocycles. The van der Waals surface area contributed by atoms with Crippen LogP contribution in [0.5, 0.6) is 5.75 Å². The maximum atomic E-state index is 14.2. The second kappa shape index (κ2) is 8.99. The number of ketones is 1. The molecule has 0 spiro atoms. The highest BCUT2D eigenvalue weighted by Gasteiger charge is 2.30. The Balaban J connectivity index is 1.69. The molecule has 0 saturated carbocycles. The summed E-state index contributed by atoms with van der Waals surface area (Å²) in [5.74, 6) is -2.52. The third kappa shape index (κ3) is 5.47. The smallest absolute Gasteiger partial charge is 0.416 e. The van der Waals surface area contributed by atoms with Crippen LogP contribution < -0.4 is 4.74 Å². The number of benzene rings is 2. The molecule has 0 radical (unpaired) electrons.